The van der Waals surface area contributed by atoms with Gasteiger partial charge in [-0.1, -0.05) is 23.7 Å². The molecule has 5 heteroatoms. The minimum atomic E-state index is -0.881. The molecule has 2 aromatic rings. The summed E-state index contributed by atoms with van der Waals surface area (Å²) in [5.41, 5.74) is 1.37. The minimum Gasteiger partial charge on any atom is -0.304 e. The van der Waals surface area contributed by atoms with Gasteiger partial charge >= 0.3 is 0 Å². The summed E-state index contributed by atoms with van der Waals surface area (Å²) in [5.74, 6) is -2.15. The highest BCUT2D eigenvalue weighted by Crippen LogP contribution is 2.26. The molecule has 0 aliphatic heterocycles. The third-order valence-corrected chi connectivity index (χ3v) is 3.70. The number of benzene rings is 2. The Hall–Kier alpha value is -1.52. The molecule has 112 valence electrons. The second-order valence-electron chi connectivity index (χ2n) is 4.95. The lowest BCUT2D eigenvalue weighted by Gasteiger charge is -2.21. The minimum absolute atomic E-state index is 0.166. The van der Waals surface area contributed by atoms with Gasteiger partial charge in [-0.3, -0.25) is 0 Å². The molecule has 2 unspecified atom stereocenters. The molecule has 0 saturated carbocycles. The Morgan fingerprint density at radius 3 is 2.24 bits per heavy atom. The maximum Gasteiger partial charge on any atom is 0.159 e. The van der Waals surface area contributed by atoms with Gasteiger partial charge < -0.3 is 5.32 Å². The Kier molecular flexibility index (Phi) is 4.91. The van der Waals surface area contributed by atoms with Crippen molar-refractivity contribution >= 4 is 11.6 Å². The topological polar surface area (TPSA) is 12.0 Å². The average molecular weight is 314 g/mol. The first-order valence-electron chi connectivity index (χ1n) is 6.54. The zero-order valence-electron chi connectivity index (χ0n) is 11.6. The van der Waals surface area contributed by atoms with Crippen LogP contribution in [0.25, 0.3) is 0 Å². The van der Waals surface area contributed by atoms with Crippen molar-refractivity contribution in [3.8, 4) is 0 Å². The standard InChI is InChI=1S/C16H15ClF3N/c1-9(11-3-6-15(19)16(20)7-11)21-10(2)13-5-4-12(18)8-14(13)17/h3-10,21H,1-2H3. The highest BCUT2D eigenvalue weighted by Gasteiger charge is 2.15. The van der Waals surface area contributed by atoms with E-state index in [0.717, 1.165) is 17.7 Å². The molecule has 2 atom stereocenters. The van der Waals surface area contributed by atoms with Crippen molar-refractivity contribution < 1.29 is 13.2 Å². The molecule has 0 heterocycles. The molecule has 0 bridgehead atoms. The zero-order chi connectivity index (χ0) is 15.6. The fourth-order valence-electron chi connectivity index (χ4n) is 2.20. The van der Waals surface area contributed by atoms with Crippen LogP contribution in [0, 0.1) is 17.5 Å². The Morgan fingerprint density at radius 2 is 1.62 bits per heavy atom. The molecule has 0 aromatic heterocycles. The Morgan fingerprint density at radius 1 is 0.905 bits per heavy atom. The maximum atomic E-state index is 13.2. The van der Waals surface area contributed by atoms with E-state index in [2.05, 4.69) is 5.32 Å². The molecular weight excluding hydrogens is 299 g/mol. The lowest BCUT2D eigenvalue weighted by atomic mass is 10.0. The van der Waals surface area contributed by atoms with E-state index >= 15 is 0 Å². The number of nitrogens with one attached hydrogen (secondary N) is 1. The molecule has 0 saturated heterocycles. The van der Waals surface area contributed by atoms with Crippen molar-refractivity contribution in [3.63, 3.8) is 0 Å². The molecule has 0 radical (unpaired) electrons. The van der Waals surface area contributed by atoms with Crippen LogP contribution in [0.5, 0.6) is 0 Å². The molecule has 0 aliphatic rings. The van der Waals surface area contributed by atoms with E-state index in [9.17, 15) is 13.2 Å². The van der Waals surface area contributed by atoms with Gasteiger partial charge in [0.15, 0.2) is 11.6 Å². The highest BCUT2D eigenvalue weighted by molar-refractivity contribution is 6.31. The summed E-state index contributed by atoms with van der Waals surface area (Å²) in [6.07, 6.45) is 0. The van der Waals surface area contributed by atoms with Crippen molar-refractivity contribution in [2.75, 3.05) is 0 Å². The van der Waals surface area contributed by atoms with Crippen LogP contribution in [0.15, 0.2) is 36.4 Å². The van der Waals surface area contributed by atoms with Crippen LogP contribution in [0.4, 0.5) is 13.2 Å². The first-order chi connectivity index (χ1) is 9.88. The predicted octanol–water partition coefficient (Wildman–Crippen LogP) is 5.17. The molecule has 0 spiro atoms. The van der Waals surface area contributed by atoms with E-state index in [1.165, 1.54) is 18.2 Å². The lowest BCUT2D eigenvalue weighted by molar-refractivity contribution is 0.479. The van der Waals surface area contributed by atoms with Gasteiger partial charge in [-0.15, -0.1) is 0 Å². The van der Waals surface area contributed by atoms with Gasteiger partial charge in [0.05, 0.1) is 0 Å². The van der Waals surface area contributed by atoms with Gasteiger partial charge in [-0.25, -0.2) is 13.2 Å². The van der Waals surface area contributed by atoms with Gasteiger partial charge in [0, 0.05) is 17.1 Å². The Bertz CT molecular complexity index is 645. The van der Waals surface area contributed by atoms with Gasteiger partial charge in [0.1, 0.15) is 5.82 Å². The molecule has 0 fully saturated rings. The van der Waals surface area contributed by atoms with Gasteiger partial charge in [0.25, 0.3) is 0 Å². The van der Waals surface area contributed by atoms with Crippen molar-refractivity contribution in [2.45, 2.75) is 25.9 Å². The fraction of sp³-hybridized carbons (Fsp3) is 0.250. The molecular formula is C16H15ClF3N. The summed E-state index contributed by atoms with van der Waals surface area (Å²) >= 11 is 6.01. The van der Waals surface area contributed by atoms with Crippen molar-refractivity contribution in [1.29, 1.82) is 0 Å². The molecule has 1 nitrogen and oxygen atoms in total. The maximum absolute atomic E-state index is 13.2. The monoisotopic (exact) mass is 313 g/mol. The summed E-state index contributed by atoms with van der Waals surface area (Å²) in [5, 5.41) is 3.55. The van der Waals surface area contributed by atoms with Crippen LogP contribution in [0.2, 0.25) is 5.02 Å². The number of hydrogen-bond donors (Lipinski definition) is 1. The van der Waals surface area contributed by atoms with E-state index < -0.39 is 17.5 Å². The quantitative estimate of drug-likeness (QED) is 0.821. The Labute approximate surface area is 126 Å². The number of rotatable bonds is 4. The van der Waals surface area contributed by atoms with Gasteiger partial charge in [-0.05, 0) is 49.2 Å². The van der Waals surface area contributed by atoms with Crippen LogP contribution in [0.1, 0.15) is 37.1 Å². The van der Waals surface area contributed by atoms with Crippen LogP contribution in [0.3, 0.4) is 0 Å². The highest BCUT2D eigenvalue weighted by atomic mass is 35.5. The van der Waals surface area contributed by atoms with Crippen LogP contribution in [-0.4, -0.2) is 0 Å². The van der Waals surface area contributed by atoms with E-state index in [1.54, 1.807) is 6.07 Å². The summed E-state index contributed by atoms with van der Waals surface area (Å²) in [4.78, 5) is 0. The van der Waals surface area contributed by atoms with E-state index in [1.807, 2.05) is 13.8 Å². The van der Waals surface area contributed by atoms with Crippen molar-refractivity contribution in [1.82, 2.24) is 5.32 Å². The third-order valence-electron chi connectivity index (χ3n) is 3.37. The van der Waals surface area contributed by atoms with E-state index in [0.29, 0.717) is 10.6 Å². The zero-order valence-corrected chi connectivity index (χ0v) is 12.4. The summed E-state index contributed by atoms with van der Waals surface area (Å²) in [6, 6.07) is 7.59. The molecule has 21 heavy (non-hydrogen) atoms. The first-order valence-corrected chi connectivity index (χ1v) is 6.92. The first kappa shape index (κ1) is 15.9. The second-order valence-corrected chi connectivity index (χ2v) is 5.36. The molecule has 2 rings (SSSR count). The molecule has 1 N–H and O–H groups in total. The van der Waals surface area contributed by atoms with Crippen molar-refractivity contribution in [2.24, 2.45) is 0 Å². The number of hydrogen-bond acceptors (Lipinski definition) is 1. The summed E-state index contributed by atoms with van der Waals surface area (Å²) in [7, 11) is 0. The number of halogens is 4. The van der Waals surface area contributed by atoms with Crippen LogP contribution >= 0.6 is 11.6 Å². The smallest absolute Gasteiger partial charge is 0.159 e. The largest absolute Gasteiger partial charge is 0.304 e. The molecule has 0 amide bonds. The van der Waals surface area contributed by atoms with Gasteiger partial charge in [-0.2, -0.15) is 0 Å². The van der Waals surface area contributed by atoms with Crippen LogP contribution in [-0.2, 0) is 0 Å². The van der Waals surface area contributed by atoms with Gasteiger partial charge in [0.2, 0.25) is 0 Å². The predicted molar refractivity (Wildman–Crippen MR) is 77.7 cm³/mol. The Balaban J connectivity index is 2.14. The average Bonchev–Trinajstić information content (AvgIpc) is 2.41. The molecule has 2 aromatic carbocycles. The van der Waals surface area contributed by atoms with E-state index in [4.69, 9.17) is 11.6 Å². The lowest BCUT2D eigenvalue weighted by Crippen LogP contribution is -2.23. The molecule has 0 aliphatic carbocycles. The van der Waals surface area contributed by atoms with E-state index in [-0.39, 0.29) is 12.1 Å². The summed E-state index contributed by atoms with van der Waals surface area (Å²) in [6.45, 7) is 3.70. The third kappa shape index (κ3) is 3.77. The van der Waals surface area contributed by atoms with Crippen LogP contribution < -0.4 is 5.32 Å². The van der Waals surface area contributed by atoms with Crippen molar-refractivity contribution in [3.05, 3.63) is 70.0 Å². The SMILES string of the molecule is CC(NC(C)c1ccc(F)cc1Cl)c1ccc(F)c(F)c1. The fourth-order valence-corrected chi connectivity index (χ4v) is 2.53. The summed E-state index contributed by atoms with van der Waals surface area (Å²) < 4.78 is 39.2. The second kappa shape index (κ2) is 6.50. The normalized spacial score (nSPS) is 14.0.